The number of primary amides is 1. The normalized spacial score (nSPS) is 9.55. The van der Waals surface area contributed by atoms with Crippen LogP contribution >= 0.6 is 0 Å². The van der Waals surface area contributed by atoms with Gasteiger partial charge in [0, 0.05) is 16.8 Å². The SMILES string of the molecule is N#Cc1ccc(C(=O)Nc2ccc(C(N)=O)cc2)cc1. The molecular formula is C15H11N3O2. The maximum Gasteiger partial charge on any atom is 0.255 e. The van der Waals surface area contributed by atoms with Gasteiger partial charge in [0.25, 0.3) is 5.91 Å². The molecule has 0 aromatic heterocycles. The number of rotatable bonds is 3. The first-order valence-corrected chi connectivity index (χ1v) is 5.81. The molecule has 5 nitrogen and oxygen atoms in total. The number of hydrogen-bond donors (Lipinski definition) is 2. The van der Waals surface area contributed by atoms with Gasteiger partial charge in [0.1, 0.15) is 0 Å². The zero-order valence-electron chi connectivity index (χ0n) is 10.5. The standard InChI is InChI=1S/C15H11N3O2/c16-9-10-1-3-12(4-2-10)15(20)18-13-7-5-11(6-8-13)14(17)19/h1-8H,(H2,17,19)(H,18,20). The van der Waals surface area contributed by atoms with Crippen molar-refractivity contribution in [2.45, 2.75) is 0 Å². The Morgan fingerprint density at radius 2 is 1.50 bits per heavy atom. The van der Waals surface area contributed by atoms with E-state index in [0.29, 0.717) is 22.4 Å². The van der Waals surface area contributed by atoms with Crippen LogP contribution in [0.3, 0.4) is 0 Å². The van der Waals surface area contributed by atoms with E-state index in [1.165, 1.54) is 12.1 Å². The predicted octanol–water partition coefficient (Wildman–Crippen LogP) is 1.91. The van der Waals surface area contributed by atoms with Gasteiger partial charge in [-0.1, -0.05) is 0 Å². The molecule has 20 heavy (non-hydrogen) atoms. The molecule has 0 aliphatic carbocycles. The number of nitriles is 1. The molecular weight excluding hydrogens is 254 g/mol. The monoisotopic (exact) mass is 265 g/mol. The fourth-order valence-electron chi connectivity index (χ4n) is 1.62. The first-order valence-electron chi connectivity index (χ1n) is 5.81. The zero-order valence-corrected chi connectivity index (χ0v) is 10.5. The van der Waals surface area contributed by atoms with E-state index >= 15 is 0 Å². The van der Waals surface area contributed by atoms with E-state index in [9.17, 15) is 9.59 Å². The van der Waals surface area contributed by atoms with Crippen LogP contribution in [0.1, 0.15) is 26.3 Å². The summed E-state index contributed by atoms with van der Waals surface area (Å²) in [5.41, 5.74) is 7.01. The second-order valence-corrected chi connectivity index (χ2v) is 4.08. The van der Waals surface area contributed by atoms with E-state index in [1.807, 2.05) is 6.07 Å². The molecule has 0 saturated heterocycles. The molecule has 0 unspecified atom stereocenters. The molecule has 2 amide bonds. The Balaban J connectivity index is 2.10. The second kappa shape index (κ2) is 5.67. The largest absolute Gasteiger partial charge is 0.366 e. The molecule has 0 heterocycles. The maximum absolute atomic E-state index is 11.9. The van der Waals surface area contributed by atoms with Crippen LogP contribution < -0.4 is 11.1 Å². The number of nitrogens with zero attached hydrogens (tertiary/aromatic N) is 1. The van der Waals surface area contributed by atoms with Gasteiger partial charge in [-0.15, -0.1) is 0 Å². The highest BCUT2D eigenvalue weighted by molar-refractivity contribution is 6.04. The lowest BCUT2D eigenvalue weighted by molar-refractivity contribution is 0.0998. The fraction of sp³-hybridized carbons (Fsp3) is 0. The van der Waals surface area contributed by atoms with E-state index in [4.69, 9.17) is 11.0 Å². The molecule has 0 bridgehead atoms. The van der Waals surface area contributed by atoms with Gasteiger partial charge < -0.3 is 11.1 Å². The Labute approximate surface area is 115 Å². The van der Waals surface area contributed by atoms with Crippen LogP contribution in [0.2, 0.25) is 0 Å². The molecule has 5 heteroatoms. The molecule has 0 saturated carbocycles. The van der Waals surface area contributed by atoms with Gasteiger partial charge in [-0.3, -0.25) is 9.59 Å². The summed E-state index contributed by atoms with van der Waals surface area (Å²) in [6.07, 6.45) is 0. The molecule has 0 aliphatic heterocycles. The molecule has 0 atom stereocenters. The summed E-state index contributed by atoms with van der Waals surface area (Å²) in [5, 5.41) is 11.4. The Kier molecular flexibility index (Phi) is 3.77. The number of hydrogen-bond acceptors (Lipinski definition) is 3. The van der Waals surface area contributed by atoms with Crippen LogP contribution in [0, 0.1) is 11.3 Å². The van der Waals surface area contributed by atoms with Crippen LogP contribution in [-0.4, -0.2) is 11.8 Å². The van der Waals surface area contributed by atoms with Crippen molar-refractivity contribution >= 4 is 17.5 Å². The first kappa shape index (κ1) is 13.3. The van der Waals surface area contributed by atoms with Gasteiger partial charge in [-0.2, -0.15) is 5.26 Å². The van der Waals surface area contributed by atoms with Gasteiger partial charge in [-0.25, -0.2) is 0 Å². The fourth-order valence-corrected chi connectivity index (χ4v) is 1.62. The van der Waals surface area contributed by atoms with Gasteiger partial charge in [0.2, 0.25) is 5.91 Å². The number of nitrogens with one attached hydrogen (secondary N) is 1. The quantitative estimate of drug-likeness (QED) is 0.887. The highest BCUT2D eigenvalue weighted by Crippen LogP contribution is 2.11. The van der Waals surface area contributed by atoms with Crippen molar-refractivity contribution in [1.82, 2.24) is 0 Å². The molecule has 0 spiro atoms. The summed E-state index contributed by atoms with van der Waals surface area (Å²) in [6, 6.07) is 14.6. The van der Waals surface area contributed by atoms with Crippen molar-refractivity contribution in [3.05, 3.63) is 65.2 Å². The highest BCUT2D eigenvalue weighted by Gasteiger charge is 2.06. The summed E-state index contributed by atoms with van der Waals surface area (Å²) in [4.78, 5) is 22.9. The van der Waals surface area contributed by atoms with E-state index in [2.05, 4.69) is 5.32 Å². The van der Waals surface area contributed by atoms with E-state index < -0.39 is 5.91 Å². The first-order chi connectivity index (χ1) is 9.60. The van der Waals surface area contributed by atoms with Crippen LogP contribution in [0.25, 0.3) is 0 Å². The number of carbonyl (C=O) groups excluding carboxylic acids is 2. The van der Waals surface area contributed by atoms with Crippen LogP contribution in [0.4, 0.5) is 5.69 Å². The number of nitrogens with two attached hydrogens (primary N) is 1. The van der Waals surface area contributed by atoms with Crippen molar-refractivity contribution < 1.29 is 9.59 Å². The zero-order chi connectivity index (χ0) is 14.5. The average Bonchev–Trinajstić information content (AvgIpc) is 2.48. The summed E-state index contributed by atoms with van der Waals surface area (Å²) in [5.74, 6) is -0.809. The molecule has 0 fully saturated rings. The molecule has 3 N–H and O–H groups in total. The van der Waals surface area contributed by atoms with Crippen molar-refractivity contribution in [3.8, 4) is 6.07 Å². The van der Waals surface area contributed by atoms with Crippen molar-refractivity contribution in [2.75, 3.05) is 5.32 Å². The van der Waals surface area contributed by atoms with Gasteiger partial charge >= 0.3 is 0 Å². The smallest absolute Gasteiger partial charge is 0.255 e. The van der Waals surface area contributed by atoms with Gasteiger partial charge in [0.05, 0.1) is 11.6 Å². The Morgan fingerprint density at radius 3 is 2.00 bits per heavy atom. The number of carbonyl (C=O) groups is 2. The van der Waals surface area contributed by atoms with Crippen molar-refractivity contribution in [3.63, 3.8) is 0 Å². The maximum atomic E-state index is 11.9. The van der Waals surface area contributed by atoms with Crippen molar-refractivity contribution in [1.29, 1.82) is 5.26 Å². The summed E-state index contributed by atoms with van der Waals surface area (Å²) < 4.78 is 0. The Hall–Kier alpha value is -3.13. The van der Waals surface area contributed by atoms with Crippen molar-refractivity contribution in [2.24, 2.45) is 5.73 Å². The minimum absolute atomic E-state index is 0.290. The van der Waals surface area contributed by atoms with Crippen LogP contribution in [-0.2, 0) is 0 Å². The molecule has 2 aromatic rings. The minimum atomic E-state index is -0.519. The average molecular weight is 265 g/mol. The minimum Gasteiger partial charge on any atom is -0.366 e. The summed E-state index contributed by atoms with van der Waals surface area (Å²) in [6.45, 7) is 0. The van der Waals surface area contributed by atoms with Gasteiger partial charge in [0.15, 0.2) is 0 Å². The van der Waals surface area contributed by atoms with Crippen LogP contribution in [0.15, 0.2) is 48.5 Å². The lowest BCUT2D eigenvalue weighted by Gasteiger charge is -2.05. The molecule has 2 rings (SSSR count). The Bertz CT molecular complexity index is 683. The third-order valence-corrected chi connectivity index (χ3v) is 2.70. The molecule has 0 radical (unpaired) electrons. The third kappa shape index (κ3) is 3.00. The number of amides is 2. The second-order valence-electron chi connectivity index (χ2n) is 4.08. The van der Waals surface area contributed by atoms with Crippen LogP contribution in [0.5, 0.6) is 0 Å². The highest BCUT2D eigenvalue weighted by atomic mass is 16.2. The Morgan fingerprint density at radius 1 is 0.950 bits per heavy atom. The number of benzene rings is 2. The third-order valence-electron chi connectivity index (χ3n) is 2.70. The molecule has 0 aliphatic rings. The van der Waals surface area contributed by atoms with Gasteiger partial charge in [-0.05, 0) is 48.5 Å². The molecule has 2 aromatic carbocycles. The summed E-state index contributed by atoms with van der Waals surface area (Å²) >= 11 is 0. The summed E-state index contributed by atoms with van der Waals surface area (Å²) in [7, 11) is 0. The number of anilines is 1. The lowest BCUT2D eigenvalue weighted by atomic mass is 10.1. The lowest BCUT2D eigenvalue weighted by Crippen LogP contribution is -2.13. The van der Waals surface area contributed by atoms with E-state index in [-0.39, 0.29) is 5.91 Å². The topological polar surface area (TPSA) is 96.0 Å². The van der Waals surface area contributed by atoms with E-state index in [0.717, 1.165) is 0 Å². The predicted molar refractivity (Wildman–Crippen MR) is 74.1 cm³/mol. The molecule has 98 valence electrons. The van der Waals surface area contributed by atoms with E-state index in [1.54, 1.807) is 36.4 Å².